The second-order valence-corrected chi connectivity index (χ2v) is 13.8. The molecule has 8 rings (SSSR count). The van der Waals surface area contributed by atoms with Crippen molar-refractivity contribution in [2.75, 3.05) is 61.3 Å². The summed E-state index contributed by atoms with van der Waals surface area (Å²) in [6.45, 7) is 9.12. The maximum Gasteiger partial charge on any atom is 0.244 e. The molecule has 4 saturated carbocycles. The zero-order valence-electron chi connectivity index (χ0n) is 23.0. The molecule has 6 fully saturated rings. The van der Waals surface area contributed by atoms with Crippen LogP contribution in [0.15, 0.2) is 18.3 Å². The highest BCUT2D eigenvalue weighted by Gasteiger charge is 2.62. The zero-order chi connectivity index (χ0) is 26.5. The number of rotatable bonds is 8. The van der Waals surface area contributed by atoms with Crippen molar-refractivity contribution < 1.29 is 7.65 Å². The summed E-state index contributed by atoms with van der Waals surface area (Å²) < 4.78 is 0. The molecule has 0 radical (unpaired) electrons. The summed E-state index contributed by atoms with van der Waals surface area (Å²) in [5.74, 6) is 1.86. The number of amides is 1. The van der Waals surface area contributed by atoms with E-state index in [0.717, 1.165) is 69.1 Å². The smallest absolute Gasteiger partial charge is 0.244 e. The lowest BCUT2D eigenvalue weighted by molar-refractivity contribution is -0.165. The minimum Gasteiger partial charge on any atom is -0.355 e. The van der Waals surface area contributed by atoms with Crippen LogP contribution in [-0.2, 0) is 4.79 Å². The van der Waals surface area contributed by atoms with Gasteiger partial charge < -0.3 is 15.1 Å². The third-order valence-electron chi connectivity index (χ3n) is 10.3. The first-order valence-corrected chi connectivity index (χ1v) is 15.7. The van der Waals surface area contributed by atoms with Gasteiger partial charge in [-0.15, -0.1) is 15.3 Å². The first-order valence-electron chi connectivity index (χ1n) is 14.9. The predicted molar refractivity (Wildman–Crippen MR) is 157 cm³/mol. The van der Waals surface area contributed by atoms with Gasteiger partial charge in [-0.05, 0) is 80.4 Å². The van der Waals surface area contributed by atoms with E-state index in [4.69, 9.17) is 0 Å². The van der Waals surface area contributed by atoms with Crippen molar-refractivity contribution in [3.8, 4) is 0 Å². The van der Waals surface area contributed by atoms with Crippen LogP contribution >= 0.6 is 11.3 Å². The number of carbonyl (C=O) groups is 1. The van der Waals surface area contributed by atoms with Gasteiger partial charge in [0.15, 0.2) is 5.82 Å². The van der Waals surface area contributed by atoms with Crippen molar-refractivity contribution in [2.45, 2.75) is 70.4 Å². The standard InChI is InChI=1S/C28H41N9OS.2H2/c1-2-35-11-13-36(14-12-35)23(28-8-4-7-27(19-28)15-20(16-27)17-28)24(38)31-26-34-33-25(39-26)30-21-6-10-37(18-21)22-5-3-9-29-32-22;;/h3,5,9,20-21,23H,2,4,6-8,10-19H2,1H3,(H,30,33)(H,31,34,38);2*1H/t20?,21-,23+,27?,28?;;/m1../s1. The Morgan fingerprint density at radius 2 is 1.97 bits per heavy atom. The number of hydrogen-bond acceptors (Lipinski definition) is 10. The first-order chi connectivity index (χ1) is 19.0. The number of likely N-dealkylation sites (N-methyl/N-ethyl adjacent to an activating group) is 1. The second-order valence-electron chi connectivity index (χ2n) is 12.8. The summed E-state index contributed by atoms with van der Waals surface area (Å²) in [4.78, 5) is 21.4. The van der Waals surface area contributed by atoms with Gasteiger partial charge in [0.05, 0.1) is 6.04 Å². The number of nitrogens with one attached hydrogen (secondary N) is 2. The molecule has 10 nitrogen and oxygen atoms in total. The molecule has 2 N–H and O–H groups in total. The Kier molecular flexibility index (Phi) is 6.71. The highest BCUT2D eigenvalue weighted by molar-refractivity contribution is 7.19. The summed E-state index contributed by atoms with van der Waals surface area (Å²) in [7, 11) is 0. The summed E-state index contributed by atoms with van der Waals surface area (Å²) in [5.41, 5.74) is 0.628. The summed E-state index contributed by atoms with van der Waals surface area (Å²) >= 11 is 1.45. The quantitative estimate of drug-likeness (QED) is 0.503. The Bertz CT molecular complexity index is 1170. The first kappa shape index (κ1) is 25.6. The minimum absolute atomic E-state index is 0. The maximum absolute atomic E-state index is 14.2. The van der Waals surface area contributed by atoms with Gasteiger partial charge in [0.1, 0.15) is 0 Å². The minimum atomic E-state index is -0.0741. The third-order valence-corrected chi connectivity index (χ3v) is 11.1. The number of hydrogen-bond donors (Lipinski definition) is 2. The Morgan fingerprint density at radius 1 is 1.13 bits per heavy atom. The number of piperazine rings is 1. The van der Waals surface area contributed by atoms with E-state index in [2.05, 4.69) is 52.7 Å². The molecule has 4 aliphatic carbocycles. The van der Waals surface area contributed by atoms with Gasteiger partial charge in [0.25, 0.3) is 0 Å². The lowest BCUT2D eigenvalue weighted by atomic mass is 9.41. The van der Waals surface area contributed by atoms with Crippen LogP contribution in [0, 0.1) is 16.7 Å². The molecule has 2 aliphatic heterocycles. The summed E-state index contributed by atoms with van der Waals surface area (Å²) in [6, 6.07) is 4.10. The van der Waals surface area contributed by atoms with Gasteiger partial charge in [-0.25, -0.2) is 0 Å². The monoisotopic (exact) mass is 555 g/mol. The van der Waals surface area contributed by atoms with Gasteiger partial charge in [0, 0.05) is 54.4 Å². The van der Waals surface area contributed by atoms with Crippen LogP contribution < -0.4 is 15.5 Å². The SMILES string of the molecule is CCN1CCN([C@@H](C(=O)Nc2nnc(N[C@@H]3CCN(c4cccnn4)C3)s2)C23CCCC4(CC(C4)C2)C3)CC1.[HH].[HH]. The van der Waals surface area contributed by atoms with Crippen LogP contribution in [0.25, 0.3) is 0 Å². The van der Waals surface area contributed by atoms with E-state index in [0.29, 0.717) is 10.5 Å². The molecule has 4 heterocycles. The molecule has 3 atom stereocenters. The number of nitrogens with zero attached hydrogens (tertiary/aromatic N) is 7. The maximum atomic E-state index is 14.2. The molecule has 1 unspecified atom stereocenters. The molecular weight excluding hydrogens is 510 g/mol. The fourth-order valence-electron chi connectivity index (χ4n) is 8.89. The average Bonchev–Trinajstić information content (AvgIpc) is 3.58. The lowest BCUT2D eigenvalue weighted by Crippen LogP contribution is -2.65. The van der Waals surface area contributed by atoms with Crippen LogP contribution in [0.5, 0.6) is 0 Å². The Morgan fingerprint density at radius 3 is 2.77 bits per heavy atom. The van der Waals surface area contributed by atoms with Crippen molar-refractivity contribution in [1.82, 2.24) is 30.2 Å². The predicted octanol–water partition coefficient (Wildman–Crippen LogP) is 3.82. The van der Waals surface area contributed by atoms with Gasteiger partial charge in [-0.2, -0.15) is 5.10 Å². The van der Waals surface area contributed by atoms with Gasteiger partial charge >= 0.3 is 0 Å². The molecule has 2 aromatic rings. The van der Waals surface area contributed by atoms with E-state index in [-0.39, 0.29) is 26.3 Å². The largest absolute Gasteiger partial charge is 0.355 e. The van der Waals surface area contributed by atoms with Crippen LogP contribution in [0.4, 0.5) is 16.1 Å². The zero-order valence-corrected chi connectivity index (χ0v) is 23.8. The molecule has 214 valence electrons. The van der Waals surface area contributed by atoms with Crippen LogP contribution in [0.2, 0.25) is 0 Å². The van der Waals surface area contributed by atoms with Crippen LogP contribution in [-0.4, -0.2) is 94.0 Å². The second kappa shape index (κ2) is 10.2. The molecule has 6 aliphatic rings. The van der Waals surface area contributed by atoms with Gasteiger partial charge in [-0.1, -0.05) is 24.7 Å². The van der Waals surface area contributed by atoms with E-state index in [1.165, 1.54) is 56.3 Å². The number of carbonyl (C=O) groups excluding carboxylic acids is 1. The van der Waals surface area contributed by atoms with Crippen molar-refractivity contribution in [3.63, 3.8) is 0 Å². The molecule has 2 saturated heterocycles. The highest BCUT2D eigenvalue weighted by Crippen LogP contribution is 2.69. The average molecular weight is 556 g/mol. The fraction of sp³-hybridized carbons (Fsp3) is 0.750. The van der Waals surface area contributed by atoms with Crippen molar-refractivity contribution >= 4 is 33.3 Å². The Balaban J connectivity index is 0.00000169. The summed E-state index contributed by atoms with van der Waals surface area (Å²) in [5, 5.41) is 25.2. The highest BCUT2D eigenvalue weighted by atomic mass is 32.1. The van der Waals surface area contributed by atoms with E-state index < -0.39 is 0 Å². The van der Waals surface area contributed by atoms with E-state index in [1.54, 1.807) is 6.20 Å². The molecule has 1 amide bonds. The van der Waals surface area contributed by atoms with E-state index >= 15 is 0 Å². The molecule has 11 heteroatoms. The van der Waals surface area contributed by atoms with Crippen molar-refractivity contribution in [1.29, 1.82) is 0 Å². The normalized spacial score (nSPS) is 33.4. The summed E-state index contributed by atoms with van der Waals surface area (Å²) in [6.07, 6.45) is 11.8. The van der Waals surface area contributed by atoms with Crippen LogP contribution in [0.1, 0.15) is 61.1 Å². The third kappa shape index (κ3) is 4.91. The topological polar surface area (TPSA) is 102 Å². The Labute approximate surface area is 237 Å². The molecular formula is C28H45N9OS. The Hall–Kier alpha value is -2.37. The molecule has 0 aromatic carbocycles. The fourth-order valence-corrected chi connectivity index (χ4v) is 9.61. The lowest BCUT2D eigenvalue weighted by Gasteiger charge is -2.66. The van der Waals surface area contributed by atoms with E-state index in [9.17, 15) is 4.79 Å². The molecule has 3 bridgehead atoms. The molecule has 1 spiro atoms. The number of anilines is 3. The van der Waals surface area contributed by atoms with Crippen molar-refractivity contribution in [2.24, 2.45) is 16.7 Å². The molecule has 2 aromatic heterocycles. The van der Waals surface area contributed by atoms with Gasteiger partial charge in [0.2, 0.25) is 16.2 Å². The van der Waals surface area contributed by atoms with E-state index in [1.807, 2.05) is 12.1 Å². The van der Waals surface area contributed by atoms with Gasteiger partial charge in [-0.3, -0.25) is 15.0 Å². The molecule has 39 heavy (non-hydrogen) atoms. The van der Waals surface area contributed by atoms with Crippen LogP contribution in [0.3, 0.4) is 0 Å². The number of aromatic nitrogens is 4. The van der Waals surface area contributed by atoms with Crippen molar-refractivity contribution in [3.05, 3.63) is 18.3 Å².